The van der Waals surface area contributed by atoms with Crippen molar-refractivity contribution in [1.29, 1.82) is 0 Å². The summed E-state index contributed by atoms with van der Waals surface area (Å²) in [5, 5.41) is 0. The Morgan fingerprint density at radius 2 is 1.71 bits per heavy atom. The zero-order valence-electron chi connectivity index (χ0n) is 10.7. The average molecular weight is 237 g/mol. The standard InChI is InChI=1S/C14H23NO2/c1-16-14-8-6-13(7-9-14)12-17-11-5-3-2-4-10-15/h6-9H,2-5,10-12,15H2,1H3. The molecule has 0 fully saturated rings. The topological polar surface area (TPSA) is 44.5 Å². The van der Waals surface area contributed by atoms with Crippen LogP contribution < -0.4 is 10.5 Å². The van der Waals surface area contributed by atoms with Crippen molar-refractivity contribution in [1.82, 2.24) is 0 Å². The summed E-state index contributed by atoms with van der Waals surface area (Å²) in [4.78, 5) is 0. The van der Waals surface area contributed by atoms with Gasteiger partial charge < -0.3 is 15.2 Å². The SMILES string of the molecule is COc1ccc(COCCCCCCN)cc1. The maximum absolute atomic E-state index is 5.60. The Morgan fingerprint density at radius 3 is 2.35 bits per heavy atom. The van der Waals surface area contributed by atoms with Gasteiger partial charge in [0.25, 0.3) is 0 Å². The van der Waals surface area contributed by atoms with E-state index in [9.17, 15) is 0 Å². The highest BCUT2D eigenvalue weighted by Crippen LogP contribution is 2.12. The Morgan fingerprint density at radius 1 is 1.00 bits per heavy atom. The van der Waals surface area contributed by atoms with E-state index in [-0.39, 0.29) is 0 Å². The molecule has 0 spiro atoms. The van der Waals surface area contributed by atoms with Gasteiger partial charge in [0.1, 0.15) is 5.75 Å². The van der Waals surface area contributed by atoms with Gasteiger partial charge in [0, 0.05) is 6.61 Å². The molecule has 3 nitrogen and oxygen atoms in total. The molecule has 0 bridgehead atoms. The van der Waals surface area contributed by atoms with Crippen LogP contribution in [-0.4, -0.2) is 20.3 Å². The van der Waals surface area contributed by atoms with E-state index in [1.54, 1.807) is 7.11 Å². The molecule has 0 saturated carbocycles. The van der Waals surface area contributed by atoms with E-state index < -0.39 is 0 Å². The van der Waals surface area contributed by atoms with Crippen molar-refractivity contribution in [3.63, 3.8) is 0 Å². The fourth-order valence-electron chi connectivity index (χ4n) is 1.61. The number of hydrogen-bond acceptors (Lipinski definition) is 3. The summed E-state index contributed by atoms with van der Waals surface area (Å²) in [5.74, 6) is 0.885. The molecule has 2 N–H and O–H groups in total. The molecule has 96 valence electrons. The van der Waals surface area contributed by atoms with E-state index >= 15 is 0 Å². The van der Waals surface area contributed by atoms with Crippen molar-refractivity contribution in [2.45, 2.75) is 32.3 Å². The van der Waals surface area contributed by atoms with Crippen molar-refractivity contribution in [3.8, 4) is 5.75 Å². The minimum absolute atomic E-state index is 0.681. The normalized spacial score (nSPS) is 10.5. The highest BCUT2D eigenvalue weighted by atomic mass is 16.5. The summed E-state index contributed by atoms with van der Waals surface area (Å²) in [6.07, 6.45) is 4.66. The quantitative estimate of drug-likeness (QED) is 0.672. The van der Waals surface area contributed by atoms with Crippen LogP contribution in [0.25, 0.3) is 0 Å². The monoisotopic (exact) mass is 237 g/mol. The number of ether oxygens (including phenoxy) is 2. The molecule has 0 aliphatic rings. The van der Waals surface area contributed by atoms with Crippen molar-refractivity contribution in [3.05, 3.63) is 29.8 Å². The molecule has 0 unspecified atom stereocenters. The van der Waals surface area contributed by atoms with Gasteiger partial charge in [-0.15, -0.1) is 0 Å². The summed E-state index contributed by atoms with van der Waals surface area (Å²) < 4.78 is 10.7. The van der Waals surface area contributed by atoms with Crippen LogP contribution >= 0.6 is 0 Å². The number of hydrogen-bond donors (Lipinski definition) is 1. The summed E-state index contributed by atoms with van der Waals surface area (Å²) in [5.41, 5.74) is 6.62. The Bertz CT molecular complexity index is 285. The minimum atomic E-state index is 0.681. The molecule has 1 aromatic rings. The molecule has 1 rings (SSSR count). The molecule has 0 radical (unpaired) electrons. The number of nitrogens with two attached hydrogens (primary N) is 1. The van der Waals surface area contributed by atoms with Crippen LogP contribution in [0.3, 0.4) is 0 Å². The number of methoxy groups -OCH3 is 1. The highest BCUT2D eigenvalue weighted by Gasteiger charge is 1.95. The molecule has 0 aliphatic carbocycles. The first kappa shape index (κ1) is 14.0. The Labute approximate surface area is 104 Å². The first-order valence-corrected chi connectivity index (χ1v) is 6.27. The summed E-state index contributed by atoms with van der Waals surface area (Å²) in [7, 11) is 1.67. The molecule has 17 heavy (non-hydrogen) atoms. The maximum Gasteiger partial charge on any atom is 0.118 e. The van der Waals surface area contributed by atoms with E-state index in [1.165, 1.54) is 18.4 Å². The smallest absolute Gasteiger partial charge is 0.118 e. The second kappa shape index (κ2) is 9.02. The van der Waals surface area contributed by atoms with Gasteiger partial charge in [0.05, 0.1) is 13.7 Å². The zero-order valence-corrected chi connectivity index (χ0v) is 10.7. The number of rotatable bonds is 9. The van der Waals surface area contributed by atoms with Gasteiger partial charge in [-0.2, -0.15) is 0 Å². The van der Waals surface area contributed by atoms with Gasteiger partial charge >= 0.3 is 0 Å². The largest absolute Gasteiger partial charge is 0.497 e. The van der Waals surface area contributed by atoms with Crippen molar-refractivity contribution in [2.24, 2.45) is 5.73 Å². The maximum atomic E-state index is 5.60. The van der Waals surface area contributed by atoms with Crippen LogP contribution in [0.15, 0.2) is 24.3 Å². The molecular weight excluding hydrogens is 214 g/mol. The van der Waals surface area contributed by atoms with Gasteiger partial charge in [0.2, 0.25) is 0 Å². The minimum Gasteiger partial charge on any atom is -0.497 e. The van der Waals surface area contributed by atoms with Gasteiger partial charge in [0.15, 0.2) is 0 Å². The van der Waals surface area contributed by atoms with Crippen molar-refractivity contribution in [2.75, 3.05) is 20.3 Å². The third-order valence-electron chi connectivity index (χ3n) is 2.67. The van der Waals surface area contributed by atoms with Gasteiger partial charge in [-0.1, -0.05) is 25.0 Å². The van der Waals surface area contributed by atoms with Crippen LogP contribution in [0.4, 0.5) is 0 Å². The van der Waals surface area contributed by atoms with Gasteiger partial charge in [-0.05, 0) is 37.1 Å². The Kier molecular flexibility index (Phi) is 7.43. The lowest BCUT2D eigenvalue weighted by Gasteiger charge is -2.05. The lowest BCUT2D eigenvalue weighted by Crippen LogP contribution is -1.99. The number of unbranched alkanes of at least 4 members (excludes halogenated alkanes) is 3. The lowest BCUT2D eigenvalue weighted by atomic mass is 10.2. The second-order valence-electron chi connectivity index (χ2n) is 4.10. The van der Waals surface area contributed by atoms with Crippen LogP contribution in [0.5, 0.6) is 5.75 Å². The van der Waals surface area contributed by atoms with Crippen LogP contribution in [-0.2, 0) is 11.3 Å². The second-order valence-corrected chi connectivity index (χ2v) is 4.10. The van der Waals surface area contributed by atoms with Crippen LogP contribution in [0.2, 0.25) is 0 Å². The fourth-order valence-corrected chi connectivity index (χ4v) is 1.61. The molecule has 3 heteroatoms. The predicted octanol–water partition coefficient (Wildman–Crippen LogP) is 2.73. The molecule has 0 aliphatic heterocycles. The van der Waals surface area contributed by atoms with Crippen molar-refractivity contribution < 1.29 is 9.47 Å². The fraction of sp³-hybridized carbons (Fsp3) is 0.571. The molecule has 0 saturated heterocycles. The molecule has 0 atom stereocenters. The predicted molar refractivity (Wildman–Crippen MR) is 70.2 cm³/mol. The van der Waals surface area contributed by atoms with E-state index in [0.29, 0.717) is 6.61 Å². The molecule has 1 aromatic carbocycles. The van der Waals surface area contributed by atoms with Gasteiger partial charge in [-0.25, -0.2) is 0 Å². The lowest BCUT2D eigenvalue weighted by molar-refractivity contribution is 0.116. The summed E-state index contributed by atoms with van der Waals surface area (Å²) in [6.45, 7) is 2.31. The zero-order chi connectivity index (χ0) is 12.3. The first-order chi connectivity index (χ1) is 8.36. The first-order valence-electron chi connectivity index (χ1n) is 6.27. The Balaban J connectivity index is 2.05. The molecule has 0 amide bonds. The van der Waals surface area contributed by atoms with E-state index in [2.05, 4.69) is 0 Å². The van der Waals surface area contributed by atoms with Crippen LogP contribution in [0, 0.1) is 0 Å². The molecule has 0 aromatic heterocycles. The Hall–Kier alpha value is -1.06. The van der Waals surface area contributed by atoms with Gasteiger partial charge in [-0.3, -0.25) is 0 Å². The summed E-state index contributed by atoms with van der Waals surface area (Å²) in [6, 6.07) is 7.99. The third-order valence-corrected chi connectivity index (χ3v) is 2.67. The summed E-state index contributed by atoms with van der Waals surface area (Å²) >= 11 is 0. The average Bonchev–Trinajstić information content (AvgIpc) is 2.38. The molecular formula is C14H23NO2. The number of benzene rings is 1. The van der Waals surface area contributed by atoms with Crippen LogP contribution in [0.1, 0.15) is 31.2 Å². The van der Waals surface area contributed by atoms with E-state index in [1.807, 2.05) is 24.3 Å². The highest BCUT2D eigenvalue weighted by molar-refractivity contribution is 5.26. The molecule has 0 heterocycles. The van der Waals surface area contributed by atoms with E-state index in [0.717, 1.165) is 31.7 Å². The third kappa shape index (κ3) is 6.29. The van der Waals surface area contributed by atoms with Crippen molar-refractivity contribution >= 4 is 0 Å². The van der Waals surface area contributed by atoms with E-state index in [4.69, 9.17) is 15.2 Å².